The molecule has 0 spiro atoms. The van der Waals surface area contributed by atoms with Gasteiger partial charge in [-0.05, 0) is 69.9 Å². The summed E-state index contributed by atoms with van der Waals surface area (Å²) in [5, 5.41) is 2.87. The fraction of sp³-hybridized carbons (Fsp3) is 0.333. The molecule has 2 aromatic rings. The molecule has 0 aliphatic carbocycles. The highest BCUT2D eigenvalue weighted by Crippen LogP contribution is 2.22. The third-order valence-corrected chi connectivity index (χ3v) is 4.40. The van der Waals surface area contributed by atoms with Crippen molar-refractivity contribution < 1.29 is 14.3 Å². The number of amides is 1. The average Bonchev–Trinajstić information content (AvgIpc) is 2.52. The zero-order valence-corrected chi connectivity index (χ0v) is 15.7. The Balaban J connectivity index is 2.11. The van der Waals surface area contributed by atoms with Crippen LogP contribution in [0.15, 0.2) is 30.3 Å². The second-order valence-corrected chi connectivity index (χ2v) is 6.56. The highest BCUT2D eigenvalue weighted by atomic mass is 16.5. The number of rotatable bonds is 4. The smallest absolute Gasteiger partial charge is 0.339 e. The molecular weight excluding hydrogens is 314 g/mol. The Labute approximate surface area is 149 Å². The standard InChI is InChI=1S/C21H25NO3/c1-12-10-14(3)19(15(4)11-12)22-20(23)17(6)25-21(24)18-9-7-8-13(2)16(18)5/h7-11,17H,1-6H3,(H,22,23). The largest absolute Gasteiger partial charge is 0.449 e. The third-order valence-electron chi connectivity index (χ3n) is 4.40. The van der Waals surface area contributed by atoms with E-state index in [1.54, 1.807) is 13.0 Å². The highest BCUT2D eigenvalue weighted by molar-refractivity contribution is 5.98. The van der Waals surface area contributed by atoms with E-state index in [9.17, 15) is 9.59 Å². The molecule has 25 heavy (non-hydrogen) atoms. The maximum atomic E-state index is 12.4. The molecule has 2 aromatic carbocycles. The van der Waals surface area contributed by atoms with Crippen LogP contribution in [0.1, 0.15) is 45.1 Å². The summed E-state index contributed by atoms with van der Waals surface area (Å²) in [6, 6.07) is 9.47. The van der Waals surface area contributed by atoms with Crippen molar-refractivity contribution in [2.24, 2.45) is 0 Å². The Morgan fingerprint density at radius 1 is 0.960 bits per heavy atom. The summed E-state index contributed by atoms with van der Waals surface area (Å²) >= 11 is 0. The molecule has 4 heteroatoms. The maximum Gasteiger partial charge on any atom is 0.339 e. The molecule has 0 radical (unpaired) electrons. The van der Waals surface area contributed by atoms with Gasteiger partial charge >= 0.3 is 5.97 Å². The lowest BCUT2D eigenvalue weighted by molar-refractivity contribution is -0.123. The Morgan fingerprint density at radius 2 is 1.56 bits per heavy atom. The fourth-order valence-corrected chi connectivity index (χ4v) is 2.85. The van der Waals surface area contributed by atoms with Crippen molar-refractivity contribution in [1.29, 1.82) is 0 Å². The van der Waals surface area contributed by atoms with Crippen LogP contribution >= 0.6 is 0 Å². The van der Waals surface area contributed by atoms with Gasteiger partial charge in [0.25, 0.3) is 5.91 Å². The number of benzene rings is 2. The van der Waals surface area contributed by atoms with Crippen molar-refractivity contribution in [3.8, 4) is 0 Å². The molecule has 4 nitrogen and oxygen atoms in total. The van der Waals surface area contributed by atoms with E-state index in [2.05, 4.69) is 5.32 Å². The van der Waals surface area contributed by atoms with E-state index in [0.717, 1.165) is 33.5 Å². The van der Waals surface area contributed by atoms with Gasteiger partial charge in [0.05, 0.1) is 5.56 Å². The molecule has 2 rings (SSSR count). The molecule has 0 saturated carbocycles. The molecule has 1 amide bonds. The van der Waals surface area contributed by atoms with Crippen LogP contribution in [0, 0.1) is 34.6 Å². The number of carbonyl (C=O) groups excluding carboxylic acids is 2. The van der Waals surface area contributed by atoms with Crippen LogP contribution in [0.2, 0.25) is 0 Å². The molecule has 132 valence electrons. The predicted octanol–water partition coefficient (Wildman–Crippen LogP) is 4.41. The third kappa shape index (κ3) is 4.27. The number of carbonyl (C=O) groups is 2. The second kappa shape index (κ2) is 7.51. The van der Waals surface area contributed by atoms with Crippen molar-refractivity contribution in [3.05, 3.63) is 63.7 Å². The fourth-order valence-electron chi connectivity index (χ4n) is 2.85. The van der Waals surface area contributed by atoms with Gasteiger partial charge in [-0.1, -0.05) is 29.8 Å². The zero-order valence-electron chi connectivity index (χ0n) is 15.7. The summed E-state index contributed by atoms with van der Waals surface area (Å²) in [4.78, 5) is 24.8. The molecule has 0 aromatic heterocycles. The predicted molar refractivity (Wildman–Crippen MR) is 100 cm³/mol. The number of esters is 1. The first kappa shape index (κ1) is 18.7. The van der Waals surface area contributed by atoms with Gasteiger partial charge in [0.1, 0.15) is 0 Å². The zero-order chi connectivity index (χ0) is 18.7. The van der Waals surface area contributed by atoms with Crippen molar-refractivity contribution in [2.45, 2.75) is 47.6 Å². The first-order chi connectivity index (χ1) is 11.7. The molecule has 0 aliphatic rings. The number of aryl methyl sites for hydroxylation is 4. The Bertz CT molecular complexity index is 801. The summed E-state index contributed by atoms with van der Waals surface area (Å²) in [6.45, 7) is 11.3. The lowest BCUT2D eigenvalue weighted by atomic mass is 10.0. The van der Waals surface area contributed by atoms with Gasteiger partial charge in [0.15, 0.2) is 6.10 Å². The van der Waals surface area contributed by atoms with Crippen LogP contribution in [0.4, 0.5) is 5.69 Å². The normalized spacial score (nSPS) is 11.8. The van der Waals surface area contributed by atoms with Crippen molar-refractivity contribution in [3.63, 3.8) is 0 Å². The molecule has 1 N–H and O–H groups in total. The van der Waals surface area contributed by atoms with Gasteiger partial charge in [-0.15, -0.1) is 0 Å². The van der Waals surface area contributed by atoms with Gasteiger partial charge in [0.2, 0.25) is 0 Å². The van der Waals surface area contributed by atoms with Crippen molar-refractivity contribution in [2.75, 3.05) is 5.32 Å². The van der Waals surface area contributed by atoms with Crippen molar-refractivity contribution >= 4 is 17.6 Å². The molecule has 0 fully saturated rings. The maximum absolute atomic E-state index is 12.4. The minimum Gasteiger partial charge on any atom is -0.449 e. The number of nitrogens with one attached hydrogen (secondary N) is 1. The summed E-state index contributed by atoms with van der Waals surface area (Å²) < 4.78 is 5.36. The molecule has 0 aliphatic heterocycles. The first-order valence-electron chi connectivity index (χ1n) is 8.36. The van der Waals surface area contributed by atoms with E-state index in [4.69, 9.17) is 4.74 Å². The average molecular weight is 339 g/mol. The monoisotopic (exact) mass is 339 g/mol. The second-order valence-electron chi connectivity index (χ2n) is 6.56. The molecule has 1 atom stereocenters. The van der Waals surface area contributed by atoms with Gasteiger partial charge < -0.3 is 10.1 Å². The minimum atomic E-state index is -0.882. The molecule has 0 saturated heterocycles. The first-order valence-corrected chi connectivity index (χ1v) is 8.36. The summed E-state index contributed by atoms with van der Waals surface area (Å²) in [7, 11) is 0. The van der Waals surface area contributed by atoms with Gasteiger partial charge in [-0.25, -0.2) is 4.79 Å². The summed E-state index contributed by atoms with van der Waals surface area (Å²) in [6.07, 6.45) is -0.882. The van der Waals surface area contributed by atoms with Crippen LogP contribution in [-0.2, 0) is 9.53 Å². The molecular formula is C21H25NO3. The Hall–Kier alpha value is -2.62. The topological polar surface area (TPSA) is 55.4 Å². The Morgan fingerprint density at radius 3 is 2.16 bits per heavy atom. The van der Waals surface area contributed by atoms with Gasteiger partial charge in [-0.3, -0.25) is 4.79 Å². The molecule has 0 bridgehead atoms. The van der Waals surface area contributed by atoms with Gasteiger partial charge in [-0.2, -0.15) is 0 Å². The lowest BCUT2D eigenvalue weighted by Crippen LogP contribution is -2.30. The number of hydrogen-bond donors (Lipinski definition) is 1. The van der Waals surface area contributed by atoms with E-state index < -0.39 is 12.1 Å². The number of ether oxygens (including phenoxy) is 1. The van der Waals surface area contributed by atoms with E-state index in [1.165, 1.54) is 0 Å². The number of hydrogen-bond acceptors (Lipinski definition) is 3. The van der Waals surface area contributed by atoms with E-state index in [-0.39, 0.29) is 5.91 Å². The van der Waals surface area contributed by atoms with Crippen LogP contribution in [0.5, 0.6) is 0 Å². The van der Waals surface area contributed by atoms with Crippen LogP contribution < -0.4 is 5.32 Å². The molecule has 1 unspecified atom stereocenters. The quantitative estimate of drug-likeness (QED) is 0.839. The SMILES string of the molecule is Cc1cc(C)c(NC(=O)C(C)OC(=O)c2cccc(C)c2C)c(C)c1. The van der Waals surface area contributed by atoms with Crippen LogP contribution in [-0.4, -0.2) is 18.0 Å². The minimum absolute atomic E-state index is 0.339. The number of anilines is 1. The lowest BCUT2D eigenvalue weighted by Gasteiger charge is -2.17. The summed E-state index contributed by atoms with van der Waals surface area (Å²) in [5.41, 5.74) is 6.25. The van der Waals surface area contributed by atoms with Crippen molar-refractivity contribution in [1.82, 2.24) is 0 Å². The van der Waals surface area contributed by atoms with E-state index >= 15 is 0 Å². The molecule has 0 heterocycles. The van der Waals surface area contributed by atoms with E-state index in [1.807, 2.05) is 58.9 Å². The van der Waals surface area contributed by atoms with E-state index in [0.29, 0.717) is 5.56 Å². The highest BCUT2D eigenvalue weighted by Gasteiger charge is 2.21. The summed E-state index contributed by atoms with van der Waals surface area (Å²) in [5.74, 6) is -0.824. The van der Waals surface area contributed by atoms with Crippen LogP contribution in [0.25, 0.3) is 0 Å². The van der Waals surface area contributed by atoms with Crippen LogP contribution in [0.3, 0.4) is 0 Å². The van der Waals surface area contributed by atoms with Gasteiger partial charge in [0, 0.05) is 5.69 Å². The Kier molecular flexibility index (Phi) is 5.62.